The quantitative estimate of drug-likeness (QED) is 0.441. The molecule has 4 aromatic rings. The molecule has 0 spiro atoms. The van der Waals surface area contributed by atoms with E-state index in [4.69, 9.17) is 24.2 Å². The van der Waals surface area contributed by atoms with E-state index in [1.807, 2.05) is 28.8 Å². The van der Waals surface area contributed by atoms with Crippen molar-refractivity contribution in [3.05, 3.63) is 48.2 Å². The zero-order chi connectivity index (χ0) is 22.7. The molecule has 32 heavy (non-hydrogen) atoms. The minimum Gasteiger partial charge on any atom is -0.497 e. The Morgan fingerprint density at radius 3 is 2.66 bits per heavy atom. The normalized spacial score (nSPS) is 11.0. The third-order valence-corrected chi connectivity index (χ3v) is 5.23. The summed E-state index contributed by atoms with van der Waals surface area (Å²) >= 11 is 0. The molecule has 0 fully saturated rings. The van der Waals surface area contributed by atoms with Crippen LogP contribution in [0.5, 0.6) is 11.5 Å². The number of hydrogen-bond donors (Lipinski definition) is 2. The molecule has 0 unspecified atom stereocenters. The molecule has 0 atom stereocenters. The average Bonchev–Trinajstić information content (AvgIpc) is 3.46. The molecule has 166 valence electrons. The van der Waals surface area contributed by atoms with Gasteiger partial charge in [-0.25, -0.2) is 9.97 Å². The lowest BCUT2D eigenvalue weighted by Gasteiger charge is -2.08. The molecule has 2 aromatic heterocycles. The molecule has 9 nitrogen and oxygen atoms in total. The minimum atomic E-state index is -0.160. The summed E-state index contributed by atoms with van der Waals surface area (Å²) in [6, 6.07) is 11.0. The third kappa shape index (κ3) is 3.90. The number of carbonyl (C=O) groups excluding carboxylic acids is 1. The van der Waals surface area contributed by atoms with Gasteiger partial charge >= 0.3 is 0 Å². The summed E-state index contributed by atoms with van der Waals surface area (Å²) in [6.45, 7) is 1.10. The Bertz CT molecular complexity index is 1260. The fourth-order valence-corrected chi connectivity index (χ4v) is 3.59. The van der Waals surface area contributed by atoms with Gasteiger partial charge in [-0.2, -0.15) is 0 Å². The number of aromatic nitrogens is 4. The van der Waals surface area contributed by atoms with Crippen molar-refractivity contribution in [2.75, 3.05) is 35.0 Å². The number of carbonyl (C=O) groups is 1. The van der Waals surface area contributed by atoms with Crippen molar-refractivity contribution in [3.8, 4) is 34.4 Å². The Labute approximate surface area is 185 Å². The van der Waals surface area contributed by atoms with Crippen molar-refractivity contribution >= 4 is 16.9 Å². The smallest absolute Gasteiger partial charge is 0.251 e. The van der Waals surface area contributed by atoms with Gasteiger partial charge in [0, 0.05) is 32.5 Å². The Hall–Kier alpha value is -3.85. The van der Waals surface area contributed by atoms with Gasteiger partial charge < -0.3 is 29.1 Å². The van der Waals surface area contributed by atoms with Crippen LogP contribution in [0.25, 0.3) is 33.9 Å². The first-order valence-corrected chi connectivity index (χ1v) is 10.1. The summed E-state index contributed by atoms with van der Waals surface area (Å²) in [6.07, 6.45) is 1.80. The van der Waals surface area contributed by atoms with Crippen LogP contribution in [0.1, 0.15) is 10.4 Å². The third-order valence-electron chi connectivity index (χ3n) is 5.23. The van der Waals surface area contributed by atoms with Crippen LogP contribution in [0.15, 0.2) is 42.6 Å². The Morgan fingerprint density at radius 2 is 1.94 bits per heavy atom. The van der Waals surface area contributed by atoms with E-state index in [9.17, 15) is 4.79 Å². The van der Waals surface area contributed by atoms with Crippen molar-refractivity contribution in [3.63, 3.8) is 0 Å². The molecule has 9 heteroatoms. The lowest BCUT2D eigenvalue weighted by atomic mass is 10.2. The van der Waals surface area contributed by atoms with E-state index in [2.05, 4.69) is 10.3 Å². The molecule has 2 heterocycles. The molecule has 0 aliphatic heterocycles. The van der Waals surface area contributed by atoms with Gasteiger partial charge in [0.1, 0.15) is 23.0 Å². The number of amides is 1. The lowest BCUT2D eigenvalue weighted by molar-refractivity contribution is 0.0963. The number of nitrogens with zero attached hydrogens (tertiary/aromatic N) is 3. The summed E-state index contributed by atoms with van der Waals surface area (Å²) in [4.78, 5) is 24.8. The van der Waals surface area contributed by atoms with Crippen LogP contribution in [-0.2, 0) is 11.3 Å². The van der Waals surface area contributed by atoms with Crippen LogP contribution in [0, 0.1) is 0 Å². The first-order chi connectivity index (χ1) is 15.6. The van der Waals surface area contributed by atoms with Gasteiger partial charge in [0.15, 0.2) is 5.82 Å². The van der Waals surface area contributed by atoms with Crippen molar-refractivity contribution in [2.45, 2.75) is 6.54 Å². The minimum absolute atomic E-state index is 0.160. The van der Waals surface area contributed by atoms with Gasteiger partial charge in [-0.15, -0.1) is 0 Å². The second-order valence-electron chi connectivity index (χ2n) is 7.06. The number of benzene rings is 2. The fourth-order valence-electron chi connectivity index (χ4n) is 3.59. The van der Waals surface area contributed by atoms with E-state index >= 15 is 0 Å². The molecule has 0 saturated heterocycles. The van der Waals surface area contributed by atoms with Crippen LogP contribution in [0.4, 0.5) is 0 Å². The Morgan fingerprint density at radius 1 is 1.09 bits per heavy atom. The lowest BCUT2D eigenvalue weighted by Crippen LogP contribution is -2.17. The number of rotatable bonds is 8. The molecule has 0 aliphatic carbocycles. The number of aromatic amines is 1. The SMILES string of the molecule is CNC(=O)c1ccc2c(c1)nc(-c1c[nH]c(-c3cc(OC)ccc3OC)n1)n2CCOC. The number of ether oxygens (including phenoxy) is 3. The molecule has 0 aliphatic rings. The maximum atomic E-state index is 12.1. The Balaban J connectivity index is 1.81. The molecule has 0 bridgehead atoms. The van der Waals surface area contributed by atoms with Crippen LogP contribution in [0.2, 0.25) is 0 Å². The molecule has 1 amide bonds. The van der Waals surface area contributed by atoms with Gasteiger partial charge in [-0.1, -0.05) is 0 Å². The van der Waals surface area contributed by atoms with Crippen molar-refractivity contribution in [2.24, 2.45) is 0 Å². The predicted octanol–water partition coefficient (Wildman–Crippen LogP) is 3.12. The number of methoxy groups -OCH3 is 3. The van der Waals surface area contributed by atoms with Crippen molar-refractivity contribution in [1.82, 2.24) is 24.8 Å². The molecule has 0 radical (unpaired) electrons. The fraction of sp³-hybridized carbons (Fsp3) is 0.261. The first-order valence-electron chi connectivity index (χ1n) is 10.1. The second-order valence-corrected chi connectivity index (χ2v) is 7.06. The summed E-state index contributed by atoms with van der Waals surface area (Å²) < 4.78 is 18.2. The van der Waals surface area contributed by atoms with Gasteiger partial charge in [0.05, 0.1) is 37.4 Å². The maximum Gasteiger partial charge on any atom is 0.251 e. The molecule has 4 rings (SSSR count). The van der Waals surface area contributed by atoms with Crippen molar-refractivity contribution in [1.29, 1.82) is 0 Å². The van der Waals surface area contributed by atoms with Crippen LogP contribution >= 0.6 is 0 Å². The molecule has 2 N–H and O–H groups in total. The molecule has 2 aromatic carbocycles. The summed E-state index contributed by atoms with van der Waals surface area (Å²) in [7, 11) is 6.49. The van der Waals surface area contributed by atoms with E-state index in [1.54, 1.807) is 46.7 Å². The number of imidazole rings is 2. The first kappa shape index (κ1) is 21.4. The second kappa shape index (κ2) is 9.11. The molecular weight excluding hydrogens is 410 g/mol. The highest BCUT2D eigenvalue weighted by Gasteiger charge is 2.18. The topological polar surface area (TPSA) is 103 Å². The number of H-pyrrole nitrogens is 1. The van der Waals surface area contributed by atoms with E-state index in [0.29, 0.717) is 53.1 Å². The van der Waals surface area contributed by atoms with Gasteiger partial charge in [-0.3, -0.25) is 4.79 Å². The molecular formula is C23H25N5O4. The summed E-state index contributed by atoms with van der Waals surface area (Å²) in [5, 5.41) is 2.64. The summed E-state index contributed by atoms with van der Waals surface area (Å²) in [5.41, 5.74) is 3.60. The monoisotopic (exact) mass is 435 g/mol. The van der Waals surface area contributed by atoms with Gasteiger partial charge in [0.2, 0.25) is 0 Å². The van der Waals surface area contributed by atoms with Crippen LogP contribution in [0.3, 0.4) is 0 Å². The zero-order valence-electron chi connectivity index (χ0n) is 18.4. The van der Waals surface area contributed by atoms with Gasteiger partial charge in [0.25, 0.3) is 5.91 Å². The van der Waals surface area contributed by atoms with Crippen LogP contribution < -0.4 is 14.8 Å². The highest BCUT2D eigenvalue weighted by molar-refractivity contribution is 5.97. The van der Waals surface area contributed by atoms with Gasteiger partial charge in [-0.05, 0) is 36.4 Å². The highest BCUT2D eigenvalue weighted by atomic mass is 16.5. The predicted molar refractivity (Wildman–Crippen MR) is 121 cm³/mol. The summed E-state index contributed by atoms with van der Waals surface area (Å²) in [5.74, 6) is 2.53. The van der Waals surface area contributed by atoms with E-state index in [-0.39, 0.29) is 5.91 Å². The zero-order valence-corrected chi connectivity index (χ0v) is 18.4. The van der Waals surface area contributed by atoms with E-state index in [0.717, 1.165) is 11.1 Å². The van der Waals surface area contributed by atoms with Crippen molar-refractivity contribution < 1.29 is 19.0 Å². The highest BCUT2D eigenvalue weighted by Crippen LogP contribution is 2.33. The molecule has 0 saturated carbocycles. The number of hydrogen-bond acceptors (Lipinski definition) is 6. The number of fused-ring (bicyclic) bond motifs is 1. The standard InChI is InChI=1S/C23H25N5O4/c1-24-23(29)14-5-7-19-17(11-14)27-22(28(19)9-10-30-2)18-13-25-21(26-18)16-12-15(31-3)6-8-20(16)32-4/h5-8,11-13H,9-10H2,1-4H3,(H,24,29)(H,25,26). The van der Waals surface area contributed by atoms with E-state index < -0.39 is 0 Å². The Kier molecular flexibility index (Phi) is 6.09. The number of nitrogens with one attached hydrogen (secondary N) is 2. The average molecular weight is 435 g/mol. The largest absolute Gasteiger partial charge is 0.497 e. The maximum absolute atomic E-state index is 12.1. The van der Waals surface area contributed by atoms with Crippen LogP contribution in [-0.4, -0.2) is 60.4 Å². The van der Waals surface area contributed by atoms with E-state index in [1.165, 1.54) is 0 Å².